The van der Waals surface area contributed by atoms with Gasteiger partial charge in [-0.25, -0.2) is 4.79 Å². The number of ether oxygens (including phenoxy) is 2. The molecule has 19 heavy (non-hydrogen) atoms. The van der Waals surface area contributed by atoms with E-state index in [1.165, 1.54) is 7.11 Å². The Morgan fingerprint density at radius 1 is 1.53 bits per heavy atom. The third kappa shape index (κ3) is 5.04. The van der Waals surface area contributed by atoms with Crippen LogP contribution in [0, 0.1) is 5.92 Å². The summed E-state index contributed by atoms with van der Waals surface area (Å²) in [6, 6.07) is 0. The van der Waals surface area contributed by atoms with Gasteiger partial charge in [0.1, 0.15) is 10.6 Å². The molecular weight excluding hydrogens is 266 g/mol. The van der Waals surface area contributed by atoms with Crippen molar-refractivity contribution in [2.75, 3.05) is 37.9 Å². The fourth-order valence-corrected chi connectivity index (χ4v) is 2.14. The molecular formula is C12H21N3O3S. The highest BCUT2D eigenvalue weighted by molar-refractivity contribution is 7.11. The van der Waals surface area contributed by atoms with Gasteiger partial charge in [0.2, 0.25) is 0 Å². The van der Waals surface area contributed by atoms with E-state index in [-0.39, 0.29) is 5.82 Å². The van der Waals surface area contributed by atoms with Crippen LogP contribution in [0.15, 0.2) is 0 Å². The number of nitrogens with one attached hydrogen (secondary N) is 1. The minimum Gasteiger partial charge on any atom is -0.465 e. The molecule has 3 N–H and O–H groups in total. The Labute approximate surface area is 117 Å². The van der Waals surface area contributed by atoms with Crippen LogP contribution < -0.4 is 11.1 Å². The van der Waals surface area contributed by atoms with Gasteiger partial charge in [0.15, 0.2) is 5.82 Å². The van der Waals surface area contributed by atoms with Crippen LogP contribution in [-0.4, -0.2) is 37.2 Å². The lowest BCUT2D eigenvalue weighted by atomic mass is 10.2. The molecule has 0 radical (unpaired) electrons. The average molecular weight is 287 g/mol. The number of methoxy groups -OCH3 is 1. The Morgan fingerprint density at radius 2 is 2.26 bits per heavy atom. The average Bonchev–Trinajstić information content (AvgIpc) is 2.73. The molecule has 1 heterocycles. The Morgan fingerprint density at radius 3 is 2.89 bits per heavy atom. The van der Waals surface area contributed by atoms with Crippen molar-refractivity contribution in [1.29, 1.82) is 0 Å². The molecule has 0 amide bonds. The van der Waals surface area contributed by atoms with Gasteiger partial charge in [-0.15, -0.1) is 0 Å². The highest BCUT2D eigenvalue weighted by Crippen LogP contribution is 2.27. The largest absolute Gasteiger partial charge is 0.465 e. The van der Waals surface area contributed by atoms with Crippen LogP contribution in [0.1, 0.15) is 30.6 Å². The van der Waals surface area contributed by atoms with E-state index in [1.807, 2.05) is 0 Å². The maximum absolute atomic E-state index is 11.5. The Balaban J connectivity index is 2.35. The zero-order valence-electron chi connectivity index (χ0n) is 11.6. The molecule has 0 saturated heterocycles. The molecule has 0 bridgehead atoms. The topological polar surface area (TPSA) is 86.5 Å². The Bertz CT molecular complexity index is 407. The summed E-state index contributed by atoms with van der Waals surface area (Å²) >= 11 is 1.16. The molecule has 108 valence electrons. The normalized spacial score (nSPS) is 10.7. The zero-order chi connectivity index (χ0) is 14.3. The molecule has 7 heteroatoms. The van der Waals surface area contributed by atoms with E-state index < -0.39 is 5.97 Å². The van der Waals surface area contributed by atoms with Crippen LogP contribution in [-0.2, 0) is 9.47 Å². The van der Waals surface area contributed by atoms with Crippen LogP contribution >= 0.6 is 11.5 Å². The van der Waals surface area contributed by atoms with Gasteiger partial charge in [-0.2, -0.15) is 4.37 Å². The number of esters is 1. The summed E-state index contributed by atoms with van der Waals surface area (Å²) in [5.41, 5.74) is 5.95. The highest BCUT2D eigenvalue weighted by atomic mass is 32.1. The Hall–Kier alpha value is -1.34. The van der Waals surface area contributed by atoms with Crippen LogP contribution in [0.2, 0.25) is 0 Å². The van der Waals surface area contributed by atoms with Gasteiger partial charge < -0.3 is 20.5 Å². The number of nitrogens with zero attached hydrogens (tertiary/aromatic N) is 1. The third-order valence-corrected chi connectivity index (χ3v) is 3.13. The second-order valence-electron chi connectivity index (χ2n) is 4.51. The van der Waals surface area contributed by atoms with Crippen LogP contribution in [0.3, 0.4) is 0 Å². The number of nitrogen functional groups attached to an aromatic ring is 1. The highest BCUT2D eigenvalue weighted by Gasteiger charge is 2.19. The molecule has 0 unspecified atom stereocenters. The van der Waals surface area contributed by atoms with Crippen molar-refractivity contribution in [3.05, 3.63) is 5.56 Å². The van der Waals surface area contributed by atoms with Crippen molar-refractivity contribution in [2.24, 2.45) is 5.92 Å². The van der Waals surface area contributed by atoms with Crippen LogP contribution in [0.4, 0.5) is 10.8 Å². The second-order valence-corrected chi connectivity index (χ2v) is 5.29. The summed E-state index contributed by atoms with van der Waals surface area (Å²) in [6.45, 7) is 6.37. The summed E-state index contributed by atoms with van der Waals surface area (Å²) in [5.74, 6) is 0.278. The van der Waals surface area contributed by atoms with Crippen molar-refractivity contribution < 1.29 is 14.3 Å². The molecule has 1 aromatic heterocycles. The van der Waals surface area contributed by atoms with Gasteiger partial charge >= 0.3 is 5.97 Å². The lowest BCUT2D eigenvalue weighted by Gasteiger charge is -2.08. The van der Waals surface area contributed by atoms with E-state index in [4.69, 9.17) is 10.5 Å². The first-order valence-corrected chi connectivity index (χ1v) is 6.98. The number of hydrogen-bond acceptors (Lipinski definition) is 7. The molecule has 0 atom stereocenters. The van der Waals surface area contributed by atoms with Crippen molar-refractivity contribution >= 4 is 28.3 Å². The number of aromatic nitrogens is 1. The van der Waals surface area contributed by atoms with Crippen molar-refractivity contribution in [3.63, 3.8) is 0 Å². The maximum Gasteiger partial charge on any atom is 0.344 e. The SMILES string of the molecule is COC(=O)c1c(N)nsc1NCCCOCC(C)C. The van der Waals surface area contributed by atoms with Crippen LogP contribution in [0.5, 0.6) is 0 Å². The maximum atomic E-state index is 11.5. The minimum absolute atomic E-state index is 0.204. The minimum atomic E-state index is -0.468. The van der Waals surface area contributed by atoms with E-state index in [9.17, 15) is 4.79 Å². The van der Waals surface area contributed by atoms with Gasteiger partial charge in [-0.1, -0.05) is 13.8 Å². The fraction of sp³-hybridized carbons (Fsp3) is 0.667. The first kappa shape index (κ1) is 15.7. The number of rotatable bonds is 8. The van der Waals surface area contributed by atoms with Gasteiger partial charge in [0, 0.05) is 19.8 Å². The molecule has 6 nitrogen and oxygen atoms in total. The van der Waals surface area contributed by atoms with Gasteiger partial charge in [0.05, 0.1) is 7.11 Å². The van der Waals surface area contributed by atoms with E-state index in [0.717, 1.165) is 24.6 Å². The number of carbonyl (C=O) groups excluding carboxylic acids is 1. The monoisotopic (exact) mass is 287 g/mol. The van der Waals surface area contributed by atoms with Gasteiger partial charge in [-0.3, -0.25) is 0 Å². The molecule has 0 aromatic carbocycles. The van der Waals surface area contributed by atoms with E-state index >= 15 is 0 Å². The second kappa shape index (κ2) is 7.96. The smallest absolute Gasteiger partial charge is 0.344 e. The summed E-state index contributed by atoms with van der Waals surface area (Å²) in [6.07, 6.45) is 0.852. The first-order valence-electron chi connectivity index (χ1n) is 6.21. The predicted octanol–water partition coefficient (Wildman–Crippen LogP) is 1.99. The number of hydrogen-bond donors (Lipinski definition) is 2. The number of anilines is 2. The molecule has 0 spiro atoms. The van der Waals surface area contributed by atoms with Crippen molar-refractivity contribution in [3.8, 4) is 0 Å². The molecule has 0 aliphatic heterocycles. The fourth-order valence-electron chi connectivity index (χ4n) is 1.42. The molecule has 0 aliphatic rings. The summed E-state index contributed by atoms with van der Waals surface area (Å²) in [4.78, 5) is 11.5. The number of nitrogens with two attached hydrogens (primary N) is 1. The summed E-state index contributed by atoms with van der Waals surface area (Å²) in [5, 5.41) is 3.78. The number of carbonyl (C=O) groups is 1. The molecule has 1 aromatic rings. The molecule has 0 fully saturated rings. The van der Waals surface area contributed by atoms with Gasteiger partial charge in [0.25, 0.3) is 0 Å². The van der Waals surface area contributed by atoms with Crippen molar-refractivity contribution in [2.45, 2.75) is 20.3 Å². The molecule has 0 aliphatic carbocycles. The molecule has 0 saturated carbocycles. The van der Waals surface area contributed by atoms with E-state index in [1.54, 1.807) is 0 Å². The van der Waals surface area contributed by atoms with Gasteiger partial charge in [-0.05, 0) is 23.9 Å². The lowest BCUT2D eigenvalue weighted by Crippen LogP contribution is -2.11. The zero-order valence-corrected chi connectivity index (χ0v) is 12.4. The summed E-state index contributed by atoms with van der Waals surface area (Å²) in [7, 11) is 1.32. The van der Waals surface area contributed by atoms with Crippen LogP contribution in [0.25, 0.3) is 0 Å². The quantitative estimate of drug-likeness (QED) is 0.561. The summed E-state index contributed by atoms with van der Waals surface area (Å²) < 4.78 is 14.1. The third-order valence-electron chi connectivity index (χ3n) is 2.31. The Kier molecular flexibility index (Phi) is 6.58. The van der Waals surface area contributed by atoms with E-state index in [0.29, 0.717) is 29.6 Å². The lowest BCUT2D eigenvalue weighted by molar-refractivity contribution is 0.0603. The molecule has 1 rings (SSSR count). The first-order chi connectivity index (χ1) is 9.06. The van der Waals surface area contributed by atoms with Crippen molar-refractivity contribution in [1.82, 2.24) is 4.37 Å². The predicted molar refractivity (Wildman–Crippen MR) is 76.6 cm³/mol. The van der Waals surface area contributed by atoms with E-state index in [2.05, 4.69) is 28.3 Å². The standard InChI is InChI=1S/C12H21N3O3S/c1-8(2)7-18-6-4-5-14-11-9(12(16)17-3)10(13)15-19-11/h8,14H,4-7H2,1-3H3,(H2,13,15).